The van der Waals surface area contributed by atoms with E-state index in [4.69, 9.17) is 9.66 Å². The van der Waals surface area contributed by atoms with E-state index in [2.05, 4.69) is 6.58 Å². The first-order valence-electron chi connectivity index (χ1n) is 2.69. The minimum atomic E-state index is -4.08. The number of carbonyl (C=O) groups is 1. The molecule has 0 aliphatic rings. The Balaban J connectivity index is -0.000000500. The van der Waals surface area contributed by atoms with Crippen molar-refractivity contribution in [1.29, 1.82) is 0 Å². The van der Waals surface area contributed by atoms with Gasteiger partial charge in [0.25, 0.3) is 10.1 Å². The largest absolute Gasteiger partial charge is 1.00 e. The van der Waals surface area contributed by atoms with Gasteiger partial charge in [-0.3, -0.25) is 4.55 Å². The minimum absolute atomic E-state index is 0. The molecule has 0 heterocycles. The molecule has 0 saturated heterocycles. The molecule has 12 heavy (non-hydrogen) atoms. The molecule has 0 unspecified atom stereocenters. The van der Waals surface area contributed by atoms with Crippen LogP contribution in [-0.4, -0.2) is 29.8 Å². The van der Waals surface area contributed by atoms with E-state index in [0.717, 1.165) is 0 Å². The molecule has 2 N–H and O–H groups in total. The molecule has 0 fully saturated rings. The average molecular weight is 204 g/mol. The Kier molecular flexibility index (Phi) is 6.97. The first-order chi connectivity index (χ1) is 4.83. The van der Waals surface area contributed by atoms with Gasteiger partial charge in [-0.2, -0.15) is 8.42 Å². The summed E-state index contributed by atoms with van der Waals surface area (Å²) < 4.78 is 28.3. The molecule has 0 rings (SSSR count). The number of rotatable bonds is 4. The van der Waals surface area contributed by atoms with Gasteiger partial charge < -0.3 is 6.53 Å². The smallest absolute Gasteiger partial charge is 1.00 e. The van der Waals surface area contributed by atoms with Crippen LogP contribution in [0.4, 0.5) is 0 Å². The Hall–Kier alpha value is 0.120. The standard InChI is InChI=1S/C5H8O5S.Na.H/c1-4(5(6)7)2-3-11(8,9)10;;/h1-3H2,(H,6,7)(H,8,9,10);;/q;+1;-1. The molecular formula is C5H9NaO5S. The van der Waals surface area contributed by atoms with E-state index >= 15 is 0 Å². The maximum atomic E-state index is 10.1. The Morgan fingerprint density at radius 2 is 1.92 bits per heavy atom. The van der Waals surface area contributed by atoms with Crippen molar-refractivity contribution in [3.8, 4) is 0 Å². The molecular weight excluding hydrogens is 195 g/mol. The molecule has 0 aliphatic heterocycles. The van der Waals surface area contributed by atoms with E-state index in [9.17, 15) is 13.2 Å². The van der Waals surface area contributed by atoms with Crippen LogP contribution in [0.1, 0.15) is 7.85 Å². The van der Waals surface area contributed by atoms with Gasteiger partial charge in [-0.05, 0) is 6.42 Å². The third kappa shape index (κ3) is 8.22. The predicted molar refractivity (Wildman–Crippen MR) is 38.9 cm³/mol. The van der Waals surface area contributed by atoms with E-state index < -0.39 is 21.8 Å². The van der Waals surface area contributed by atoms with Crippen LogP contribution >= 0.6 is 0 Å². The molecule has 0 aromatic rings. The quantitative estimate of drug-likeness (QED) is 0.290. The zero-order valence-corrected chi connectivity index (χ0v) is 9.47. The number of hydrogen-bond donors (Lipinski definition) is 2. The van der Waals surface area contributed by atoms with E-state index in [1.807, 2.05) is 0 Å². The van der Waals surface area contributed by atoms with Crippen molar-refractivity contribution in [2.75, 3.05) is 5.75 Å². The Morgan fingerprint density at radius 3 is 2.17 bits per heavy atom. The molecule has 0 aliphatic carbocycles. The van der Waals surface area contributed by atoms with Crippen LogP contribution in [0.2, 0.25) is 0 Å². The van der Waals surface area contributed by atoms with E-state index in [-0.39, 0.29) is 43.0 Å². The van der Waals surface area contributed by atoms with Crippen molar-refractivity contribution in [2.45, 2.75) is 6.42 Å². The summed E-state index contributed by atoms with van der Waals surface area (Å²) in [7, 11) is -4.08. The second kappa shape index (κ2) is 5.71. The summed E-state index contributed by atoms with van der Waals surface area (Å²) in [6.07, 6.45) is -0.256. The van der Waals surface area contributed by atoms with Crippen molar-refractivity contribution in [2.24, 2.45) is 0 Å². The third-order valence-corrected chi connectivity index (χ3v) is 1.68. The van der Waals surface area contributed by atoms with Gasteiger partial charge in [0.15, 0.2) is 0 Å². The van der Waals surface area contributed by atoms with Gasteiger partial charge >= 0.3 is 35.5 Å². The molecule has 0 saturated carbocycles. The summed E-state index contributed by atoms with van der Waals surface area (Å²) in [4.78, 5) is 10.0. The minimum Gasteiger partial charge on any atom is -1.00 e. The zero-order valence-electron chi connectivity index (χ0n) is 7.65. The molecule has 0 radical (unpaired) electrons. The summed E-state index contributed by atoms with van der Waals surface area (Å²) in [5.74, 6) is -1.85. The van der Waals surface area contributed by atoms with Crippen LogP contribution < -0.4 is 29.6 Å². The van der Waals surface area contributed by atoms with Crippen LogP contribution in [0.5, 0.6) is 0 Å². The van der Waals surface area contributed by atoms with Crippen molar-refractivity contribution in [1.82, 2.24) is 0 Å². The number of carboxylic acids is 1. The van der Waals surface area contributed by atoms with Gasteiger partial charge in [-0.25, -0.2) is 4.79 Å². The maximum Gasteiger partial charge on any atom is 1.00 e. The van der Waals surface area contributed by atoms with E-state index in [0.29, 0.717) is 0 Å². The number of hydrogen-bond acceptors (Lipinski definition) is 3. The Bertz CT molecular complexity index is 273. The van der Waals surface area contributed by atoms with Crippen LogP contribution in [-0.2, 0) is 14.9 Å². The maximum absolute atomic E-state index is 10.1. The van der Waals surface area contributed by atoms with E-state index in [1.165, 1.54) is 0 Å². The molecule has 7 heteroatoms. The predicted octanol–water partition coefficient (Wildman–Crippen LogP) is -2.98. The van der Waals surface area contributed by atoms with Gasteiger partial charge in [0.1, 0.15) is 0 Å². The molecule has 0 atom stereocenters. The molecule has 66 valence electrons. The summed E-state index contributed by atoms with van der Waals surface area (Å²) in [6, 6.07) is 0. The zero-order chi connectivity index (χ0) is 9.07. The van der Waals surface area contributed by atoms with Crippen molar-refractivity contribution in [3.05, 3.63) is 12.2 Å². The molecule has 0 amide bonds. The van der Waals surface area contributed by atoms with Crippen LogP contribution in [0, 0.1) is 0 Å². The normalized spacial score (nSPS) is 10.1. The third-order valence-electron chi connectivity index (χ3n) is 0.964. The summed E-state index contributed by atoms with van der Waals surface area (Å²) >= 11 is 0. The first-order valence-corrected chi connectivity index (χ1v) is 4.30. The van der Waals surface area contributed by atoms with Gasteiger partial charge in [-0.1, -0.05) is 6.58 Å². The van der Waals surface area contributed by atoms with Gasteiger partial charge in [-0.15, -0.1) is 0 Å². The van der Waals surface area contributed by atoms with Crippen molar-refractivity contribution >= 4 is 16.1 Å². The fourth-order valence-electron chi connectivity index (χ4n) is 0.359. The second-order valence-electron chi connectivity index (χ2n) is 1.94. The molecule has 0 spiro atoms. The van der Waals surface area contributed by atoms with Crippen molar-refractivity contribution in [3.63, 3.8) is 0 Å². The topological polar surface area (TPSA) is 91.7 Å². The van der Waals surface area contributed by atoms with Crippen molar-refractivity contribution < 1.29 is 53.9 Å². The Labute approximate surface area is 94.0 Å². The SMILES string of the molecule is C=C(CCS(=O)(=O)O)C(=O)O.[H-].[Na+]. The fourth-order valence-corrected chi connectivity index (χ4v) is 0.863. The Morgan fingerprint density at radius 1 is 1.50 bits per heavy atom. The summed E-state index contributed by atoms with van der Waals surface area (Å²) in [5, 5.41) is 8.20. The van der Waals surface area contributed by atoms with E-state index in [1.54, 1.807) is 0 Å². The first kappa shape index (κ1) is 14.6. The molecule has 0 aromatic heterocycles. The monoisotopic (exact) mass is 204 g/mol. The van der Waals surface area contributed by atoms with Gasteiger partial charge in [0.2, 0.25) is 0 Å². The van der Waals surface area contributed by atoms with Crippen LogP contribution in [0.15, 0.2) is 12.2 Å². The fraction of sp³-hybridized carbons (Fsp3) is 0.400. The average Bonchev–Trinajstić information content (AvgIpc) is 1.80. The number of carboxylic acid groups (broad SMARTS) is 1. The summed E-state index contributed by atoms with van der Waals surface area (Å²) in [5.41, 5.74) is -0.234. The van der Waals surface area contributed by atoms with Crippen LogP contribution in [0.3, 0.4) is 0 Å². The van der Waals surface area contributed by atoms with Gasteiger partial charge in [0.05, 0.1) is 5.75 Å². The molecule has 5 nitrogen and oxygen atoms in total. The van der Waals surface area contributed by atoms with Crippen LogP contribution in [0.25, 0.3) is 0 Å². The molecule has 0 bridgehead atoms. The second-order valence-corrected chi connectivity index (χ2v) is 3.52. The number of aliphatic carboxylic acids is 1. The molecule has 0 aromatic carbocycles. The van der Waals surface area contributed by atoms with Gasteiger partial charge in [0, 0.05) is 5.57 Å². The summed E-state index contributed by atoms with van der Waals surface area (Å²) in [6.45, 7) is 3.08.